The topological polar surface area (TPSA) is 94.1 Å². The van der Waals surface area contributed by atoms with E-state index in [1.54, 1.807) is 24.7 Å². The van der Waals surface area contributed by atoms with Crippen LogP contribution in [0.3, 0.4) is 0 Å². The highest BCUT2D eigenvalue weighted by Crippen LogP contribution is 2.32. The van der Waals surface area contributed by atoms with Gasteiger partial charge in [-0.1, -0.05) is 20.4 Å². The van der Waals surface area contributed by atoms with Crippen molar-refractivity contribution in [2.45, 2.75) is 13.8 Å². The van der Waals surface area contributed by atoms with E-state index in [0.29, 0.717) is 18.0 Å². The first kappa shape index (κ1) is 27.3. The van der Waals surface area contributed by atoms with Crippen molar-refractivity contribution in [2.75, 3.05) is 37.8 Å². The number of H-pyrrole nitrogens is 1. The Balaban J connectivity index is 1.34. The second-order valence-corrected chi connectivity index (χ2v) is 11.1. The van der Waals surface area contributed by atoms with E-state index >= 15 is 0 Å². The van der Waals surface area contributed by atoms with Gasteiger partial charge in [-0.05, 0) is 62.0 Å². The summed E-state index contributed by atoms with van der Waals surface area (Å²) in [6, 6.07) is 11.2. The lowest BCUT2D eigenvalue weighted by molar-refractivity contribution is 0.425. The molecule has 42 heavy (non-hydrogen) atoms. The molecule has 3 N–H and O–H groups in total. The Labute approximate surface area is 243 Å². The number of aromatic amines is 1. The predicted octanol–water partition coefficient (Wildman–Crippen LogP) is 5.17. The van der Waals surface area contributed by atoms with Crippen molar-refractivity contribution in [3.05, 3.63) is 102 Å². The van der Waals surface area contributed by atoms with E-state index in [-0.39, 0.29) is 5.82 Å². The van der Waals surface area contributed by atoms with Gasteiger partial charge < -0.3 is 20.5 Å². The average Bonchev–Trinajstić information content (AvgIpc) is 3.37. The third kappa shape index (κ3) is 5.51. The van der Waals surface area contributed by atoms with Crippen LogP contribution in [0, 0.1) is 11.7 Å². The molecule has 6 rings (SSSR count). The van der Waals surface area contributed by atoms with Crippen molar-refractivity contribution in [3.8, 4) is 22.3 Å². The van der Waals surface area contributed by atoms with Gasteiger partial charge in [-0.3, -0.25) is 9.97 Å². The van der Waals surface area contributed by atoms with Gasteiger partial charge in [0, 0.05) is 70.4 Å². The molecular formula is C33H33FN8. The van der Waals surface area contributed by atoms with E-state index in [9.17, 15) is 4.39 Å². The predicted molar refractivity (Wildman–Crippen MR) is 167 cm³/mol. The summed E-state index contributed by atoms with van der Waals surface area (Å²) in [6.45, 7) is 9.85. The van der Waals surface area contributed by atoms with Crippen LogP contribution in [0.1, 0.15) is 19.5 Å². The Morgan fingerprint density at radius 3 is 2.52 bits per heavy atom. The SMILES string of the molecule is C=C(Nc1cncc(-c2cnc3c(c2)=C(c2cc4c(-c5cc(F)cc(NCCN(C)C)c5)cncc4[nH]2)N=3)c1)C(C)C. The zero-order valence-corrected chi connectivity index (χ0v) is 24.2. The normalized spacial score (nSPS) is 12.3. The maximum atomic E-state index is 14.6. The fourth-order valence-electron chi connectivity index (χ4n) is 4.87. The fraction of sp³-hybridized carbons (Fsp3) is 0.212. The molecule has 0 radical (unpaired) electrons. The van der Waals surface area contributed by atoms with Crippen molar-refractivity contribution >= 4 is 28.0 Å². The molecule has 0 amide bonds. The summed E-state index contributed by atoms with van der Waals surface area (Å²) >= 11 is 0. The largest absolute Gasteiger partial charge is 0.384 e. The van der Waals surface area contributed by atoms with Crippen molar-refractivity contribution in [1.82, 2.24) is 24.8 Å². The van der Waals surface area contributed by atoms with Gasteiger partial charge in [0.25, 0.3) is 0 Å². The van der Waals surface area contributed by atoms with E-state index in [2.05, 4.69) is 73.0 Å². The summed E-state index contributed by atoms with van der Waals surface area (Å²) in [5.74, 6) is 0.0103. The number of anilines is 2. The minimum absolute atomic E-state index is 0.300. The number of hydrogen-bond acceptors (Lipinski definition) is 7. The number of hydrogen-bond donors (Lipinski definition) is 3. The van der Waals surface area contributed by atoms with Gasteiger partial charge in [-0.15, -0.1) is 0 Å². The summed E-state index contributed by atoms with van der Waals surface area (Å²) in [4.78, 5) is 23.6. The molecule has 0 aliphatic carbocycles. The van der Waals surface area contributed by atoms with E-state index in [0.717, 1.165) is 73.4 Å². The molecule has 1 aromatic carbocycles. The Kier molecular flexibility index (Phi) is 7.26. The molecule has 5 heterocycles. The minimum atomic E-state index is -0.300. The molecule has 212 valence electrons. The summed E-state index contributed by atoms with van der Waals surface area (Å²) in [5, 5.41) is 8.55. The summed E-state index contributed by atoms with van der Waals surface area (Å²) in [7, 11) is 4.02. The van der Waals surface area contributed by atoms with Crippen LogP contribution < -0.4 is 21.3 Å². The monoisotopic (exact) mass is 560 g/mol. The fourth-order valence-corrected chi connectivity index (χ4v) is 4.87. The lowest BCUT2D eigenvalue weighted by atomic mass is 10.0. The lowest BCUT2D eigenvalue weighted by Gasteiger charge is -2.13. The van der Waals surface area contributed by atoms with Gasteiger partial charge in [0.15, 0.2) is 5.49 Å². The average molecular weight is 561 g/mol. The van der Waals surface area contributed by atoms with Gasteiger partial charge in [0.05, 0.1) is 29.3 Å². The van der Waals surface area contributed by atoms with Crippen LogP contribution in [0.25, 0.3) is 38.9 Å². The van der Waals surface area contributed by atoms with Crippen LogP contribution in [-0.2, 0) is 0 Å². The summed E-state index contributed by atoms with van der Waals surface area (Å²) < 4.78 is 14.6. The molecule has 0 unspecified atom stereocenters. The summed E-state index contributed by atoms with van der Waals surface area (Å²) in [5.41, 5.74) is 9.26. The molecule has 1 aliphatic heterocycles. The molecule has 0 fully saturated rings. The van der Waals surface area contributed by atoms with E-state index in [4.69, 9.17) is 0 Å². The Morgan fingerprint density at radius 2 is 1.71 bits per heavy atom. The number of benzene rings is 1. The Morgan fingerprint density at radius 1 is 0.929 bits per heavy atom. The van der Waals surface area contributed by atoms with Gasteiger partial charge in [0.2, 0.25) is 0 Å². The zero-order chi connectivity index (χ0) is 29.4. The maximum Gasteiger partial charge on any atom is 0.162 e. The molecule has 0 saturated carbocycles. The number of rotatable bonds is 10. The number of nitrogens with zero attached hydrogens (tertiary/aromatic N) is 5. The second-order valence-electron chi connectivity index (χ2n) is 11.1. The third-order valence-corrected chi connectivity index (χ3v) is 7.31. The van der Waals surface area contributed by atoms with Gasteiger partial charge in [0.1, 0.15) is 11.5 Å². The second kappa shape index (κ2) is 11.2. The molecule has 1 aliphatic rings. The van der Waals surface area contributed by atoms with E-state index < -0.39 is 0 Å². The van der Waals surface area contributed by atoms with Gasteiger partial charge in [-0.25, -0.2) is 14.4 Å². The van der Waals surface area contributed by atoms with E-state index in [1.165, 1.54) is 6.07 Å². The van der Waals surface area contributed by atoms with Crippen molar-refractivity contribution < 1.29 is 4.39 Å². The number of nitrogens with one attached hydrogen (secondary N) is 3. The minimum Gasteiger partial charge on any atom is -0.384 e. The highest BCUT2D eigenvalue weighted by atomic mass is 19.1. The first-order valence-corrected chi connectivity index (χ1v) is 13.9. The lowest BCUT2D eigenvalue weighted by Crippen LogP contribution is -2.38. The standard InChI is InChI=1S/C33H33FN8/c1-19(2)20(3)39-26-10-22(14-35-16-26)23-11-28-32(41-33(28)38-15-23)30-13-27-29(17-36-18-31(27)40-30)21-8-24(34)12-25(9-21)37-6-7-42(4)5/h8-19,37,39-40H,3,6-7H2,1-2,4-5H3. The van der Waals surface area contributed by atoms with Gasteiger partial charge >= 0.3 is 0 Å². The maximum absolute atomic E-state index is 14.6. The number of aromatic nitrogens is 4. The number of likely N-dealkylation sites (N-methyl/N-ethyl adjacent to an activating group) is 1. The Hall–Kier alpha value is -4.89. The van der Waals surface area contributed by atoms with Crippen LogP contribution in [-0.4, -0.2) is 52.0 Å². The zero-order valence-electron chi connectivity index (χ0n) is 24.2. The number of allylic oxidation sites excluding steroid dienone is 1. The molecule has 0 atom stereocenters. The van der Waals surface area contributed by atoms with Gasteiger partial charge in [-0.2, -0.15) is 0 Å². The molecule has 9 heteroatoms. The van der Waals surface area contributed by atoms with Crippen molar-refractivity contribution in [1.29, 1.82) is 0 Å². The number of fused-ring (bicyclic) bond motifs is 2. The molecule has 0 bridgehead atoms. The highest BCUT2D eigenvalue weighted by molar-refractivity contribution is 5.97. The van der Waals surface area contributed by atoms with Crippen LogP contribution in [0.2, 0.25) is 0 Å². The summed E-state index contributed by atoms with van der Waals surface area (Å²) in [6.07, 6.45) is 8.98. The molecular weight excluding hydrogens is 527 g/mol. The first-order valence-electron chi connectivity index (χ1n) is 13.9. The molecule has 4 aromatic heterocycles. The molecule has 0 saturated heterocycles. The number of pyridine rings is 3. The molecule has 8 nitrogen and oxygen atoms in total. The van der Waals surface area contributed by atoms with E-state index in [1.807, 2.05) is 38.6 Å². The highest BCUT2D eigenvalue weighted by Gasteiger charge is 2.18. The van der Waals surface area contributed by atoms with Crippen LogP contribution in [0.5, 0.6) is 0 Å². The smallest absolute Gasteiger partial charge is 0.162 e. The van der Waals surface area contributed by atoms with Crippen LogP contribution >= 0.6 is 0 Å². The first-order chi connectivity index (χ1) is 20.2. The Bertz CT molecular complexity index is 1940. The molecule has 0 spiro atoms. The number of halogens is 1. The van der Waals surface area contributed by atoms with Crippen LogP contribution in [0.15, 0.2) is 84.7 Å². The quantitative estimate of drug-likeness (QED) is 0.218. The van der Waals surface area contributed by atoms with Crippen molar-refractivity contribution in [3.63, 3.8) is 0 Å². The van der Waals surface area contributed by atoms with Crippen LogP contribution in [0.4, 0.5) is 15.8 Å². The molecule has 5 aromatic rings. The van der Waals surface area contributed by atoms with Crippen molar-refractivity contribution in [2.24, 2.45) is 10.9 Å². The third-order valence-electron chi connectivity index (χ3n) is 7.31.